The zero-order valence-electron chi connectivity index (χ0n) is 7.27. The maximum atomic E-state index is 11.5. The zero-order chi connectivity index (χ0) is 9.47. The molecule has 1 N–H and O–H groups in total. The quantitative estimate of drug-likeness (QED) is 0.740. The summed E-state index contributed by atoms with van der Waals surface area (Å²) >= 11 is 0. The van der Waals surface area contributed by atoms with E-state index < -0.39 is 10.0 Å². The van der Waals surface area contributed by atoms with Crippen LogP contribution in [0.5, 0.6) is 0 Å². The zero-order valence-corrected chi connectivity index (χ0v) is 8.08. The summed E-state index contributed by atoms with van der Waals surface area (Å²) < 4.78 is 27.2. The molecule has 1 fully saturated rings. The largest absolute Gasteiger partial charge is 0.339 e. The van der Waals surface area contributed by atoms with Crippen LogP contribution >= 0.6 is 0 Å². The van der Waals surface area contributed by atoms with Gasteiger partial charge in [-0.1, -0.05) is 0 Å². The van der Waals surface area contributed by atoms with E-state index in [0.29, 0.717) is 0 Å². The van der Waals surface area contributed by atoms with Crippen molar-refractivity contribution in [2.45, 2.75) is 23.9 Å². The van der Waals surface area contributed by atoms with Gasteiger partial charge in [0.05, 0.1) is 6.33 Å². The molecule has 5 nitrogen and oxygen atoms in total. The number of imidazole rings is 1. The van der Waals surface area contributed by atoms with Crippen molar-refractivity contribution in [2.24, 2.45) is 7.05 Å². The Morgan fingerprint density at radius 1 is 1.62 bits per heavy atom. The molecule has 2 rings (SSSR count). The minimum atomic E-state index is -3.36. The molecule has 72 valence electrons. The lowest BCUT2D eigenvalue weighted by atomic mass is 10.8. The van der Waals surface area contributed by atoms with Crippen LogP contribution in [0.15, 0.2) is 17.6 Å². The van der Waals surface area contributed by atoms with E-state index in [1.54, 1.807) is 11.6 Å². The highest BCUT2D eigenvalue weighted by molar-refractivity contribution is 7.89. The number of rotatable bonds is 3. The second-order valence-electron chi connectivity index (χ2n) is 3.27. The van der Waals surface area contributed by atoms with Crippen molar-refractivity contribution in [3.8, 4) is 0 Å². The van der Waals surface area contributed by atoms with Gasteiger partial charge in [0, 0.05) is 19.3 Å². The molecule has 1 aromatic rings. The summed E-state index contributed by atoms with van der Waals surface area (Å²) in [7, 11) is -1.62. The third-order valence-corrected chi connectivity index (χ3v) is 3.26. The van der Waals surface area contributed by atoms with E-state index in [1.165, 1.54) is 12.5 Å². The first-order valence-corrected chi connectivity index (χ1v) is 5.56. The van der Waals surface area contributed by atoms with Gasteiger partial charge in [-0.3, -0.25) is 0 Å². The molecule has 1 saturated carbocycles. The molecule has 0 radical (unpaired) electrons. The maximum Gasteiger partial charge on any atom is 0.259 e. The average Bonchev–Trinajstić information content (AvgIpc) is 2.70. The molecule has 0 spiro atoms. The van der Waals surface area contributed by atoms with E-state index in [1.807, 2.05) is 0 Å². The van der Waals surface area contributed by atoms with Crippen LogP contribution < -0.4 is 4.72 Å². The van der Waals surface area contributed by atoms with Crippen molar-refractivity contribution >= 4 is 10.0 Å². The lowest BCUT2D eigenvalue weighted by Crippen LogP contribution is -2.25. The standard InChI is InChI=1S/C7H11N3O2S/c1-10-4-7(8-5-10)13(11,12)9-6-2-3-6/h4-6,9H,2-3H2,1H3. The molecule has 1 aliphatic carbocycles. The first-order chi connectivity index (χ1) is 6.08. The third kappa shape index (κ3) is 1.89. The van der Waals surface area contributed by atoms with Crippen molar-refractivity contribution in [1.29, 1.82) is 0 Å². The van der Waals surface area contributed by atoms with Gasteiger partial charge in [-0.2, -0.15) is 0 Å². The van der Waals surface area contributed by atoms with Gasteiger partial charge in [-0.05, 0) is 12.8 Å². The fourth-order valence-electron chi connectivity index (χ4n) is 1.01. The molecule has 0 amide bonds. The predicted molar refractivity (Wildman–Crippen MR) is 46.6 cm³/mol. The van der Waals surface area contributed by atoms with Crippen LogP contribution in [0.1, 0.15) is 12.8 Å². The van der Waals surface area contributed by atoms with E-state index >= 15 is 0 Å². The van der Waals surface area contributed by atoms with Gasteiger partial charge in [0.2, 0.25) is 0 Å². The van der Waals surface area contributed by atoms with Crippen LogP contribution in [0.25, 0.3) is 0 Å². The Balaban J connectivity index is 2.22. The van der Waals surface area contributed by atoms with Crippen LogP contribution in [-0.4, -0.2) is 24.0 Å². The van der Waals surface area contributed by atoms with E-state index in [-0.39, 0.29) is 11.1 Å². The predicted octanol–water partition coefficient (Wildman–Crippen LogP) is -0.139. The molecular formula is C7H11N3O2S. The fraction of sp³-hybridized carbons (Fsp3) is 0.571. The van der Waals surface area contributed by atoms with Gasteiger partial charge in [-0.25, -0.2) is 18.1 Å². The topological polar surface area (TPSA) is 64.0 Å². The summed E-state index contributed by atoms with van der Waals surface area (Å²) in [4.78, 5) is 3.78. The lowest BCUT2D eigenvalue weighted by molar-refractivity contribution is 0.577. The smallest absolute Gasteiger partial charge is 0.259 e. The number of nitrogens with zero attached hydrogens (tertiary/aromatic N) is 2. The number of sulfonamides is 1. The number of hydrogen-bond acceptors (Lipinski definition) is 3. The van der Waals surface area contributed by atoms with Crippen LogP contribution in [-0.2, 0) is 17.1 Å². The number of hydrogen-bond donors (Lipinski definition) is 1. The molecule has 0 bridgehead atoms. The van der Waals surface area contributed by atoms with Crippen LogP contribution in [0, 0.1) is 0 Å². The van der Waals surface area contributed by atoms with Gasteiger partial charge < -0.3 is 4.57 Å². The second-order valence-corrected chi connectivity index (χ2v) is 4.93. The van der Waals surface area contributed by atoms with Crippen molar-refractivity contribution in [3.63, 3.8) is 0 Å². The minimum Gasteiger partial charge on any atom is -0.339 e. The van der Waals surface area contributed by atoms with Crippen molar-refractivity contribution in [1.82, 2.24) is 14.3 Å². The molecule has 13 heavy (non-hydrogen) atoms. The Bertz CT molecular complexity index is 405. The van der Waals surface area contributed by atoms with Crippen LogP contribution in [0.2, 0.25) is 0 Å². The highest BCUT2D eigenvalue weighted by Gasteiger charge is 2.28. The van der Waals surface area contributed by atoms with Gasteiger partial charge in [-0.15, -0.1) is 0 Å². The number of aromatic nitrogens is 2. The first kappa shape index (κ1) is 8.71. The highest BCUT2D eigenvalue weighted by atomic mass is 32.2. The summed E-state index contributed by atoms with van der Waals surface area (Å²) in [5, 5.41) is 0.0990. The summed E-state index contributed by atoms with van der Waals surface area (Å²) in [5.41, 5.74) is 0. The lowest BCUT2D eigenvalue weighted by Gasteiger charge is -2.00. The van der Waals surface area contributed by atoms with Gasteiger partial charge in [0.1, 0.15) is 0 Å². The molecular weight excluding hydrogens is 190 g/mol. The Kier molecular flexibility index (Phi) is 1.88. The Morgan fingerprint density at radius 3 is 2.77 bits per heavy atom. The second kappa shape index (κ2) is 2.81. The van der Waals surface area contributed by atoms with Gasteiger partial charge in [0.15, 0.2) is 5.03 Å². The Hall–Kier alpha value is -0.880. The maximum absolute atomic E-state index is 11.5. The summed E-state index contributed by atoms with van der Waals surface area (Å²) in [6.07, 6.45) is 4.84. The van der Waals surface area contributed by atoms with Crippen molar-refractivity contribution < 1.29 is 8.42 Å². The normalized spacial score (nSPS) is 17.6. The highest BCUT2D eigenvalue weighted by Crippen LogP contribution is 2.21. The summed E-state index contributed by atoms with van der Waals surface area (Å²) in [6.45, 7) is 0. The molecule has 0 unspecified atom stereocenters. The molecule has 0 aromatic carbocycles. The average molecular weight is 201 g/mol. The molecule has 0 aliphatic heterocycles. The van der Waals surface area contributed by atoms with E-state index in [0.717, 1.165) is 12.8 Å². The van der Waals surface area contributed by atoms with E-state index in [4.69, 9.17) is 0 Å². The summed E-state index contributed by atoms with van der Waals surface area (Å²) in [5.74, 6) is 0. The Morgan fingerprint density at radius 2 is 2.31 bits per heavy atom. The van der Waals surface area contributed by atoms with E-state index in [2.05, 4.69) is 9.71 Å². The van der Waals surface area contributed by atoms with Crippen LogP contribution in [0.3, 0.4) is 0 Å². The monoisotopic (exact) mass is 201 g/mol. The van der Waals surface area contributed by atoms with Crippen molar-refractivity contribution in [2.75, 3.05) is 0 Å². The van der Waals surface area contributed by atoms with Crippen molar-refractivity contribution in [3.05, 3.63) is 12.5 Å². The SMILES string of the molecule is Cn1cnc(S(=O)(=O)NC2CC2)c1. The third-order valence-electron chi connectivity index (χ3n) is 1.86. The van der Waals surface area contributed by atoms with Gasteiger partial charge in [0.25, 0.3) is 10.0 Å². The molecule has 0 saturated heterocycles. The molecule has 1 aliphatic rings. The molecule has 1 aromatic heterocycles. The fourth-order valence-corrected chi connectivity index (χ4v) is 2.29. The Labute approximate surface area is 76.8 Å². The minimum absolute atomic E-state index is 0.0990. The van der Waals surface area contributed by atoms with Crippen LogP contribution in [0.4, 0.5) is 0 Å². The number of nitrogens with one attached hydrogen (secondary N) is 1. The van der Waals surface area contributed by atoms with E-state index in [9.17, 15) is 8.42 Å². The molecule has 6 heteroatoms. The molecule has 0 atom stereocenters. The molecule has 1 heterocycles. The first-order valence-electron chi connectivity index (χ1n) is 4.08. The number of aryl methyl sites for hydroxylation is 1. The summed E-state index contributed by atoms with van der Waals surface area (Å²) in [6, 6.07) is 0.131. The van der Waals surface area contributed by atoms with Gasteiger partial charge >= 0.3 is 0 Å².